The Morgan fingerprint density at radius 3 is 2.53 bits per heavy atom. The Morgan fingerprint density at radius 1 is 1.47 bits per heavy atom. The van der Waals surface area contributed by atoms with Crippen molar-refractivity contribution in [3.05, 3.63) is 34.6 Å². The molecule has 1 amide bonds. The molecule has 0 saturated heterocycles. The van der Waals surface area contributed by atoms with E-state index < -0.39 is 23.7 Å². The zero-order chi connectivity index (χ0) is 13.2. The monoisotopic (exact) mass is 259 g/mol. The van der Waals surface area contributed by atoms with E-state index in [0.717, 1.165) is 11.0 Å². The van der Waals surface area contributed by atoms with Gasteiger partial charge in [-0.25, -0.2) is 9.18 Å². The van der Waals surface area contributed by atoms with E-state index in [1.54, 1.807) is 0 Å². The summed E-state index contributed by atoms with van der Waals surface area (Å²) >= 11 is 5.48. The number of halogens is 2. The maximum atomic E-state index is 13.1. The normalized spacial score (nSPS) is 12.0. The first kappa shape index (κ1) is 13.4. The van der Waals surface area contributed by atoms with Gasteiger partial charge in [-0.1, -0.05) is 11.6 Å². The fourth-order valence-corrected chi connectivity index (χ4v) is 1.29. The molecule has 0 aliphatic carbocycles. The summed E-state index contributed by atoms with van der Waals surface area (Å²) < 4.78 is 13.1. The van der Waals surface area contributed by atoms with Crippen molar-refractivity contribution in [1.82, 2.24) is 4.90 Å². The van der Waals surface area contributed by atoms with Crippen molar-refractivity contribution in [3.63, 3.8) is 0 Å². The van der Waals surface area contributed by atoms with E-state index in [-0.39, 0.29) is 10.6 Å². The maximum absolute atomic E-state index is 13.1. The van der Waals surface area contributed by atoms with Crippen LogP contribution in [0.1, 0.15) is 17.3 Å². The van der Waals surface area contributed by atoms with E-state index in [9.17, 15) is 14.0 Å². The molecule has 0 radical (unpaired) electrons. The summed E-state index contributed by atoms with van der Waals surface area (Å²) in [6.07, 6.45) is 0. The topological polar surface area (TPSA) is 57.6 Å². The van der Waals surface area contributed by atoms with Gasteiger partial charge in [-0.05, 0) is 25.1 Å². The first-order chi connectivity index (χ1) is 7.84. The van der Waals surface area contributed by atoms with Crippen LogP contribution in [0.2, 0.25) is 5.02 Å². The van der Waals surface area contributed by atoms with Crippen LogP contribution in [-0.2, 0) is 4.79 Å². The number of carboxylic acids is 1. The molecule has 1 aromatic rings. The summed E-state index contributed by atoms with van der Waals surface area (Å²) in [6.45, 7) is 1.37. The second kappa shape index (κ2) is 5.14. The number of likely N-dealkylation sites (N-methyl/N-ethyl adjacent to an activating group) is 1. The van der Waals surface area contributed by atoms with Crippen molar-refractivity contribution in [1.29, 1.82) is 0 Å². The number of aliphatic carboxylic acids is 1. The summed E-state index contributed by atoms with van der Waals surface area (Å²) in [6, 6.07) is 2.60. The van der Waals surface area contributed by atoms with E-state index in [0.29, 0.717) is 0 Å². The van der Waals surface area contributed by atoms with Gasteiger partial charge in [-0.15, -0.1) is 0 Å². The lowest BCUT2D eigenvalue weighted by Gasteiger charge is -2.21. The molecule has 1 aromatic carbocycles. The van der Waals surface area contributed by atoms with Crippen molar-refractivity contribution >= 4 is 23.5 Å². The molecule has 0 heterocycles. The van der Waals surface area contributed by atoms with Gasteiger partial charge in [0, 0.05) is 12.6 Å². The van der Waals surface area contributed by atoms with Crippen molar-refractivity contribution in [2.75, 3.05) is 7.05 Å². The molecule has 1 N–H and O–H groups in total. The zero-order valence-electron chi connectivity index (χ0n) is 9.28. The lowest BCUT2D eigenvalue weighted by Crippen LogP contribution is -2.40. The molecule has 0 aliphatic rings. The highest BCUT2D eigenvalue weighted by Gasteiger charge is 2.23. The maximum Gasteiger partial charge on any atom is 0.326 e. The number of hydrogen-bond acceptors (Lipinski definition) is 2. The molecule has 0 saturated carbocycles. The molecular formula is C11H11ClFNO3. The molecule has 1 rings (SSSR count). The van der Waals surface area contributed by atoms with Gasteiger partial charge in [0.15, 0.2) is 0 Å². The quantitative estimate of drug-likeness (QED) is 0.904. The molecule has 17 heavy (non-hydrogen) atoms. The van der Waals surface area contributed by atoms with Crippen molar-refractivity contribution in [2.24, 2.45) is 0 Å². The summed E-state index contributed by atoms with van der Waals surface area (Å²) in [5.41, 5.74) is 0.0579. The minimum Gasteiger partial charge on any atom is -0.480 e. The Kier molecular flexibility index (Phi) is 4.07. The van der Waals surface area contributed by atoms with Crippen molar-refractivity contribution < 1.29 is 19.1 Å². The van der Waals surface area contributed by atoms with E-state index in [1.165, 1.54) is 26.1 Å². The lowest BCUT2D eigenvalue weighted by molar-refractivity contribution is -0.141. The number of carbonyl (C=O) groups excluding carboxylic acids is 1. The van der Waals surface area contributed by atoms with Gasteiger partial charge in [0.05, 0.1) is 5.02 Å². The van der Waals surface area contributed by atoms with Crippen LogP contribution in [0.15, 0.2) is 18.2 Å². The van der Waals surface area contributed by atoms with Gasteiger partial charge in [0.1, 0.15) is 11.9 Å². The highest BCUT2D eigenvalue weighted by Crippen LogP contribution is 2.17. The number of amides is 1. The van der Waals surface area contributed by atoms with Crippen LogP contribution in [0.3, 0.4) is 0 Å². The minimum atomic E-state index is -1.13. The molecule has 1 atom stereocenters. The van der Waals surface area contributed by atoms with Gasteiger partial charge in [-0.2, -0.15) is 0 Å². The summed E-state index contributed by atoms with van der Waals surface area (Å²) in [4.78, 5) is 23.5. The predicted octanol–water partition coefficient (Wildman–Crippen LogP) is 2.02. The van der Waals surface area contributed by atoms with E-state index in [1.807, 2.05) is 0 Å². The van der Waals surface area contributed by atoms with Gasteiger partial charge in [0.2, 0.25) is 0 Å². The molecule has 4 nitrogen and oxygen atoms in total. The average molecular weight is 260 g/mol. The molecule has 0 aromatic heterocycles. The first-order valence-electron chi connectivity index (χ1n) is 4.79. The molecule has 92 valence electrons. The molecule has 6 heteroatoms. The largest absolute Gasteiger partial charge is 0.480 e. The highest BCUT2D eigenvalue weighted by atomic mass is 35.5. The molecule has 1 unspecified atom stereocenters. The number of carbonyl (C=O) groups is 2. The molecule has 0 aliphatic heterocycles. The van der Waals surface area contributed by atoms with Crippen molar-refractivity contribution in [2.45, 2.75) is 13.0 Å². The van der Waals surface area contributed by atoms with Crippen LogP contribution in [0, 0.1) is 5.82 Å². The third-order valence-electron chi connectivity index (χ3n) is 2.43. The molecular weight excluding hydrogens is 249 g/mol. The summed E-state index contributed by atoms with van der Waals surface area (Å²) in [5, 5.41) is 8.67. The van der Waals surface area contributed by atoms with Gasteiger partial charge in [0.25, 0.3) is 5.91 Å². The van der Waals surface area contributed by atoms with E-state index >= 15 is 0 Å². The fourth-order valence-electron chi connectivity index (χ4n) is 1.17. The standard InChI is InChI=1S/C11H11ClFNO3/c1-6(11(16)17)14(2)10(15)7-3-4-8(12)9(13)5-7/h3-6H,1-2H3,(H,16,17). The number of carboxylic acid groups (broad SMARTS) is 1. The second-order valence-electron chi connectivity index (χ2n) is 3.56. The lowest BCUT2D eigenvalue weighted by atomic mass is 10.1. The third kappa shape index (κ3) is 2.94. The summed E-state index contributed by atoms with van der Waals surface area (Å²) in [7, 11) is 1.34. The summed E-state index contributed by atoms with van der Waals surface area (Å²) in [5.74, 6) is -2.42. The van der Waals surface area contributed by atoms with Crippen molar-refractivity contribution in [3.8, 4) is 0 Å². The minimum absolute atomic E-state index is 0.0579. The fraction of sp³-hybridized carbons (Fsp3) is 0.273. The first-order valence-corrected chi connectivity index (χ1v) is 5.17. The molecule has 0 spiro atoms. The second-order valence-corrected chi connectivity index (χ2v) is 3.97. The Balaban J connectivity index is 2.96. The van der Waals surface area contributed by atoms with E-state index in [2.05, 4.69) is 0 Å². The van der Waals surface area contributed by atoms with Crippen LogP contribution in [0.25, 0.3) is 0 Å². The number of hydrogen-bond donors (Lipinski definition) is 1. The van der Waals surface area contributed by atoms with Gasteiger partial charge < -0.3 is 10.0 Å². The SMILES string of the molecule is CC(C(=O)O)N(C)C(=O)c1ccc(Cl)c(F)c1. The van der Waals surface area contributed by atoms with Crippen LogP contribution in [0.4, 0.5) is 4.39 Å². The van der Waals surface area contributed by atoms with E-state index in [4.69, 9.17) is 16.7 Å². The average Bonchev–Trinajstić information content (AvgIpc) is 2.29. The predicted molar refractivity (Wildman–Crippen MR) is 60.6 cm³/mol. The molecule has 0 fully saturated rings. The Labute approximate surface area is 103 Å². The molecule has 0 bridgehead atoms. The third-order valence-corrected chi connectivity index (χ3v) is 2.73. The number of nitrogens with zero attached hydrogens (tertiary/aromatic N) is 1. The van der Waals surface area contributed by atoms with Crippen LogP contribution in [-0.4, -0.2) is 35.0 Å². The zero-order valence-corrected chi connectivity index (χ0v) is 10.0. The Morgan fingerprint density at radius 2 is 2.06 bits per heavy atom. The van der Waals surface area contributed by atoms with Crippen LogP contribution in [0.5, 0.6) is 0 Å². The van der Waals surface area contributed by atoms with Crippen LogP contribution < -0.4 is 0 Å². The number of benzene rings is 1. The Hall–Kier alpha value is -1.62. The van der Waals surface area contributed by atoms with Crippen LogP contribution >= 0.6 is 11.6 Å². The van der Waals surface area contributed by atoms with Gasteiger partial charge >= 0.3 is 5.97 Å². The highest BCUT2D eigenvalue weighted by molar-refractivity contribution is 6.30. The smallest absolute Gasteiger partial charge is 0.326 e. The Bertz CT molecular complexity index is 464. The van der Waals surface area contributed by atoms with Gasteiger partial charge in [-0.3, -0.25) is 4.79 Å². The number of rotatable bonds is 3.